The van der Waals surface area contributed by atoms with Crippen LogP contribution in [-0.4, -0.2) is 12.2 Å². The van der Waals surface area contributed by atoms with Crippen molar-refractivity contribution in [1.82, 2.24) is 0 Å². The number of halogens is 2. The van der Waals surface area contributed by atoms with Crippen molar-refractivity contribution in [2.24, 2.45) is 0 Å². The highest BCUT2D eigenvalue weighted by Gasteiger charge is 2.08. The molecule has 0 aliphatic heterocycles. The van der Waals surface area contributed by atoms with E-state index in [1.54, 1.807) is 30.1 Å². The molecule has 0 spiro atoms. The molecule has 0 bridgehead atoms. The average molecular weight is 249 g/mol. The number of phenolic OH excluding ortho intramolecular Hbond substituents is 1. The molecule has 18 heavy (non-hydrogen) atoms. The van der Waals surface area contributed by atoms with E-state index in [-0.39, 0.29) is 11.6 Å². The molecule has 2 rings (SSSR count). The summed E-state index contributed by atoms with van der Waals surface area (Å²) in [6.07, 6.45) is 0. The molecule has 2 nitrogen and oxygen atoms in total. The van der Waals surface area contributed by atoms with Crippen LogP contribution in [0.3, 0.4) is 0 Å². The predicted octanol–water partition coefficient (Wildman–Crippen LogP) is 3.31. The van der Waals surface area contributed by atoms with E-state index >= 15 is 0 Å². The van der Waals surface area contributed by atoms with Gasteiger partial charge < -0.3 is 10.0 Å². The maximum Gasteiger partial charge on any atom is 0.146 e. The number of nitrogens with zero attached hydrogens (tertiary/aromatic N) is 1. The van der Waals surface area contributed by atoms with E-state index in [0.717, 1.165) is 6.07 Å². The van der Waals surface area contributed by atoms with Gasteiger partial charge in [0.25, 0.3) is 0 Å². The van der Waals surface area contributed by atoms with E-state index in [9.17, 15) is 13.9 Å². The van der Waals surface area contributed by atoms with Gasteiger partial charge in [-0.25, -0.2) is 8.78 Å². The molecule has 2 aromatic carbocycles. The number of hydrogen-bond acceptors (Lipinski definition) is 2. The summed E-state index contributed by atoms with van der Waals surface area (Å²) in [7, 11) is 1.71. The van der Waals surface area contributed by atoms with Gasteiger partial charge in [0, 0.05) is 19.7 Å². The van der Waals surface area contributed by atoms with Crippen LogP contribution < -0.4 is 4.90 Å². The number of benzene rings is 2. The lowest BCUT2D eigenvalue weighted by Crippen LogP contribution is -2.17. The second-order valence-electron chi connectivity index (χ2n) is 4.13. The highest BCUT2D eigenvalue weighted by atomic mass is 19.1. The van der Waals surface area contributed by atoms with E-state index in [4.69, 9.17) is 0 Å². The molecule has 0 aliphatic carbocycles. The number of para-hydroxylation sites is 1. The van der Waals surface area contributed by atoms with E-state index < -0.39 is 5.82 Å². The predicted molar refractivity (Wildman–Crippen MR) is 66.6 cm³/mol. The Balaban J connectivity index is 2.21. The number of anilines is 1. The molecule has 0 fully saturated rings. The zero-order valence-electron chi connectivity index (χ0n) is 9.90. The summed E-state index contributed by atoms with van der Waals surface area (Å²) in [5.74, 6) is -0.973. The first-order chi connectivity index (χ1) is 8.56. The summed E-state index contributed by atoms with van der Waals surface area (Å²) < 4.78 is 26.6. The molecule has 4 heteroatoms. The standard InChI is InChI=1S/C14H13F2NO/c1-17(14-5-3-2-4-13(14)16)9-10-6-11(15)8-12(18)7-10/h2-8,18H,9H2,1H3. The highest BCUT2D eigenvalue weighted by Crippen LogP contribution is 2.21. The Morgan fingerprint density at radius 1 is 1.11 bits per heavy atom. The molecule has 0 aromatic heterocycles. The first kappa shape index (κ1) is 12.4. The Labute approximate surface area is 104 Å². The normalized spacial score (nSPS) is 10.4. The minimum Gasteiger partial charge on any atom is -0.508 e. The summed E-state index contributed by atoms with van der Waals surface area (Å²) in [4.78, 5) is 1.66. The van der Waals surface area contributed by atoms with Gasteiger partial charge in [-0.1, -0.05) is 12.1 Å². The third-order valence-corrected chi connectivity index (χ3v) is 2.63. The number of rotatable bonds is 3. The van der Waals surface area contributed by atoms with Crippen LogP contribution in [0.4, 0.5) is 14.5 Å². The molecule has 0 saturated carbocycles. The van der Waals surface area contributed by atoms with Crippen LogP contribution in [0.15, 0.2) is 42.5 Å². The van der Waals surface area contributed by atoms with Gasteiger partial charge in [-0.2, -0.15) is 0 Å². The van der Waals surface area contributed by atoms with Gasteiger partial charge in [-0.05, 0) is 29.8 Å². The molecular weight excluding hydrogens is 236 g/mol. The largest absolute Gasteiger partial charge is 0.508 e. The molecule has 2 aromatic rings. The van der Waals surface area contributed by atoms with Crippen molar-refractivity contribution in [2.45, 2.75) is 6.54 Å². The van der Waals surface area contributed by atoms with Crippen molar-refractivity contribution < 1.29 is 13.9 Å². The molecule has 1 N–H and O–H groups in total. The maximum absolute atomic E-state index is 13.5. The van der Waals surface area contributed by atoms with Gasteiger partial charge in [0.05, 0.1) is 5.69 Å². The van der Waals surface area contributed by atoms with Crippen LogP contribution in [0.5, 0.6) is 5.75 Å². The Bertz CT molecular complexity index is 537. The molecule has 0 radical (unpaired) electrons. The van der Waals surface area contributed by atoms with Crippen molar-refractivity contribution >= 4 is 5.69 Å². The number of aromatic hydroxyl groups is 1. The topological polar surface area (TPSA) is 23.5 Å². The van der Waals surface area contributed by atoms with Gasteiger partial charge in [0.1, 0.15) is 17.4 Å². The maximum atomic E-state index is 13.5. The summed E-state index contributed by atoms with van der Waals surface area (Å²) >= 11 is 0. The van der Waals surface area contributed by atoms with E-state index in [0.29, 0.717) is 17.8 Å². The number of phenols is 1. The third-order valence-electron chi connectivity index (χ3n) is 2.63. The summed E-state index contributed by atoms with van der Waals surface area (Å²) in [6.45, 7) is 0.312. The highest BCUT2D eigenvalue weighted by molar-refractivity contribution is 5.47. The fourth-order valence-electron chi connectivity index (χ4n) is 1.84. The fraction of sp³-hybridized carbons (Fsp3) is 0.143. The van der Waals surface area contributed by atoms with Crippen molar-refractivity contribution in [3.63, 3.8) is 0 Å². The summed E-state index contributed by atoms with van der Waals surface area (Å²) in [6, 6.07) is 10.2. The lowest BCUT2D eigenvalue weighted by Gasteiger charge is -2.20. The lowest BCUT2D eigenvalue weighted by atomic mass is 10.2. The molecule has 0 saturated heterocycles. The van der Waals surface area contributed by atoms with Gasteiger partial charge >= 0.3 is 0 Å². The molecule has 0 aliphatic rings. The Hall–Kier alpha value is -2.10. The lowest BCUT2D eigenvalue weighted by molar-refractivity contribution is 0.468. The van der Waals surface area contributed by atoms with Gasteiger partial charge in [-0.3, -0.25) is 0 Å². The van der Waals surface area contributed by atoms with Crippen molar-refractivity contribution in [3.8, 4) is 5.75 Å². The van der Waals surface area contributed by atoms with E-state index in [2.05, 4.69) is 0 Å². The molecule has 0 amide bonds. The zero-order valence-corrected chi connectivity index (χ0v) is 9.90. The van der Waals surface area contributed by atoms with Crippen molar-refractivity contribution in [2.75, 3.05) is 11.9 Å². The Morgan fingerprint density at radius 2 is 1.83 bits per heavy atom. The minimum absolute atomic E-state index is 0.132. The van der Waals surface area contributed by atoms with Crippen molar-refractivity contribution in [1.29, 1.82) is 0 Å². The van der Waals surface area contributed by atoms with Crippen LogP contribution in [0, 0.1) is 11.6 Å². The van der Waals surface area contributed by atoms with Crippen LogP contribution in [0.25, 0.3) is 0 Å². The Morgan fingerprint density at radius 3 is 2.50 bits per heavy atom. The Kier molecular flexibility index (Phi) is 3.46. The molecular formula is C14H13F2NO. The van der Waals surface area contributed by atoms with Gasteiger partial charge in [0.2, 0.25) is 0 Å². The van der Waals surface area contributed by atoms with E-state index in [1.165, 1.54) is 18.2 Å². The van der Waals surface area contributed by atoms with Crippen LogP contribution >= 0.6 is 0 Å². The first-order valence-electron chi connectivity index (χ1n) is 5.50. The zero-order chi connectivity index (χ0) is 13.1. The summed E-state index contributed by atoms with van der Waals surface area (Å²) in [5, 5.41) is 9.30. The molecule has 94 valence electrons. The van der Waals surface area contributed by atoms with Gasteiger partial charge in [-0.15, -0.1) is 0 Å². The van der Waals surface area contributed by atoms with Crippen LogP contribution in [0.2, 0.25) is 0 Å². The minimum atomic E-state index is -0.507. The second-order valence-corrected chi connectivity index (χ2v) is 4.13. The average Bonchev–Trinajstić information content (AvgIpc) is 2.27. The van der Waals surface area contributed by atoms with Crippen LogP contribution in [0.1, 0.15) is 5.56 Å². The third kappa shape index (κ3) is 2.77. The molecule has 0 heterocycles. The fourth-order valence-corrected chi connectivity index (χ4v) is 1.84. The summed E-state index contributed by atoms with van der Waals surface area (Å²) in [5.41, 5.74) is 1.01. The smallest absolute Gasteiger partial charge is 0.146 e. The van der Waals surface area contributed by atoms with Crippen LogP contribution in [-0.2, 0) is 6.54 Å². The SMILES string of the molecule is CN(Cc1cc(O)cc(F)c1)c1ccccc1F. The van der Waals surface area contributed by atoms with Crippen molar-refractivity contribution in [3.05, 3.63) is 59.7 Å². The second kappa shape index (κ2) is 5.04. The van der Waals surface area contributed by atoms with E-state index in [1.807, 2.05) is 0 Å². The monoisotopic (exact) mass is 249 g/mol. The quantitative estimate of drug-likeness (QED) is 0.902. The molecule has 0 atom stereocenters. The number of hydrogen-bond donors (Lipinski definition) is 1. The first-order valence-corrected chi connectivity index (χ1v) is 5.50. The molecule has 0 unspecified atom stereocenters. The van der Waals surface area contributed by atoms with Gasteiger partial charge in [0.15, 0.2) is 0 Å².